The fourth-order valence-corrected chi connectivity index (χ4v) is 1.67. The molecule has 1 aromatic heterocycles. The molecule has 1 aromatic carbocycles. The van der Waals surface area contributed by atoms with Gasteiger partial charge in [-0.2, -0.15) is 0 Å². The Hall–Kier alpha value is -1.82. The Morgan fingerprint density at radius 1 is 1.31 bits per heavy atom. The SMILES string of the molecule is O=[N+]([O-])c1ccc(Br)cc1Nn1cccc1. The average Bonchev–Trinajstić information content (AvgIpc) is 2.70. The minimum atomic E-state index is -0.418. The molecular weight excluding hydrogens is 274 g/mol. The molecule has 0 aliphatic carbocycles. The molecule has 0 saturated carbocycles. The molecule has 5 nitrogen and oxygen atoms in total. The summed E-state index contributed by atoms with van der Waals surface area (Å²) in [6.07, 6.45) is 3.54. The summed E-state index contributed by atoms with van der Waals surface area (Å²) in [5.41, 5.74) is 3.40. The van der Waals surface area contributed by atoms with Crippen LogP contribution in [0.5, 0.6) is 0 Å². The van der Waals surface area contributed by atoms with E-state index in [4.69, 9.17) is 0 Å². The number of benzene rings is 1. The zero-order valence-electron chi connectivity index (χ0n) is 8.13. The molecule has 82 valence electrons. The fourth-order valence-electron chi connectivity index (χ4n) is 1.31. The lowest BCUT2D eigenvalue weighted by molar-refractivity contribution is -0.384. The third kappa shape index (κ3) is 2.22. The Bertz CT molecular complexity index is 511. The van der Waals surface area contributed by atoms with Crippen molar-refractivity contribution in [2.24, 2.45) is 0 Å². The van der Waals surface area contributed by atoms with E-state index in [0.717, 1.165) is 4.47 Å². The molecule has 16 heavy (non-hydrogen) atoms. The van der Waals surface area contributed by atoms with Crippen molar-refractivity contribution in [3.63, 3.8) is 0 Å². The molecular formula is C10H8BrN3O2. The summed E-state index contributed by atoms with van der Waals surface area (Å²) in [5, 5.41) is 10.8. The third-order valence-electron chi connectivity index (χ3n) is 2.01. The Labute approximate surface area is 99.9 Å². The van der Waals surface area contributed by atoms with Crippen LogP contribution in [0, 0.1) is 10.1 Å². The van der Waals surface area contributed by atoms with E-state index >= 15 is 0 Å². The Morgan fingerprint density at radius 3 is 2.62 bits per heavy atom. The molecule has 1 N–H and O–H groups in total. The maximum Gasteiger partial charge on any atom is 0.294 e. The largest absolute Gasteiger partial charge is 0.294 e. The molecule has 0 atom stereocenters. The highest BCUT2D eigenvalue weighted by atomic mass is 79.9. The van der Waals surface area contributed by atoms with E-state index in [0.29, 0.717) is 5.69 Å². The van der Waals surface area contributed by atoms with Gasteiger partial charge in [-0.25, -0.2) is 0 Å². The van der Waals surface area contributed by atoms with Crippen molar-refractivity contribution >= 4 is 27.3 Å². The number of hydrogen-bond donors (Lipinski definition) is 1. The van der Waals surface area contributed by atoms with E-state index in [9.17, 15) is 10.1 Å². The number of anilines is 1. The Balaban J connectivity index is 2.38. The zero-order valence-corrected chi connectivity index (χ0v) is 9.72. The number of halogens is 1. The van der Waals surface area contributed by atoms with Crippen molar-refractivity contribution in [3.8, 4) is 0 Å². The van der Waals surface area contributed by atoms with Gasteiger partial charge in [0.25, 0.3) is 5.69 Å². The molecule has 0 amide bonds. The van der Waals surface area contributed by atoms with Gasteiger partial charge >= 0.3 is 0 Å². The summed E-state index contributed by atoms with van der Waals surface area (Å²) in [6.45, 7) is 0. The number of rotatable bonds is 3. The van der Waals surface area contributed by atoms with E-state index < -0.39 is 4.92 Å². The van der Waals surface area contributed by atoms with Gasteiger partial charge in [-0.1, -0.05) is 15.9 Å². The van der Waals surface area contributed by atoms with Crippen LogP contribution in [0.1, 0.15) is 0 Å². The first-order valence-electron chi connectivity index (χ1n) is 4.51. The molecule has 0 aliphatic rings. The summed E-state index contributed by atoms with van der Waals surface area (Å²) >= 11 is 3.28. The highest BCUT2D eigenvalue weighted by molar-refractivity contribution is 9.10. The van der Waals surface area contributed by atoms with Crippen molar-refractivity contribution < 1.29 is 4.92 Å². The highest BCUT2D eigenvalue weighted by Crippen LogP contribution is 2.27. The number of nitro groups is 1. The van der Waals surface area contributed by atoms with Gasteiger partial charge in [0.15, 0.2) is 0 Å². The second-order valence-electron chi connectivity index (χ2n) is 3.12. The van der Waals surface area contributed by atoms with Crippen LogP contribution in [-0.2, 0) is 0 Å². The third-order valence-corrected chi connectivity index (χ3v) is 2.50. The molecule has 0 bridgehead atoms. The minimum absolute atomic E-state index is 0.0388. The van der Waals surface area contributed by atoms with E-state index in [1.165, 1.54) is 6.07 Å². The Morgan fingerprint density at radius 2 is 2.00 bits per heavy atom. The van der Waals surface area contributed by atoms with Crippen LogP contribution in [0.25, 0.3) is 0 Å². The van der Waals surface area contributed by atoms with Gasteiger partial charge in [-0.15, -0.1) is 0 Å². The van der Waals surface area contributed by atoms with Crippen molar-refractivity contribution in [1.29, 1.82) is 0 Å². The lowest BCUT2D eigenvalue weighted by atomic mass is 10.3. The van der Waals surface area contributed by atoms with Gasteiger partial charge in [-0.05, 0) is 24.3 Å². The Kier molecular flexibility index (Phi) is 2.91. The van der Waals surface area contributed by atoms with Gasteiger partial charge in [-0.3, -0.25) is 20.2 Å². The standard InChI is InChI=1S/C10H8BrN3O2/c11-8-3-4-10(14(15)16)9(7-8)12-13-5-1-2-6-13/h1-7,12H. The molecule has 0 unspecified atom stereocenters. The van der Waals surface area contributed by atoms with E-state index in [1.54, 1.807) is 29.2 Å². The first-order valence-corrected chi connectivity index (χ1v) is 5.30. The maximum atomic E-state index is 10.8. The van der Waals surface area contributed by atoms with Crippen molar-refractivity contribution in [2.75, 3.05) is 5.43 Å². The molecule has 6 heteroatoms. The molecule has 2 aromatic rings. The number of nitro benzene ring substituents is 1. The molecule has 0 spiro atoms. The van der Waals surface area contributed by atoms with Crippen LogP contribution in [0.4, 0.5) is 11.4 Å². The summed E-state index contributed by atoms with van der Waals surface area (Å²) in [7, 11) is 0. The van der Waals surface area contributed by atoms with Crippen LogP contribution >= 0.6 is 15.9 Å². The smallest absolute Gasteiger partial charge is 0.288 e. The van der Waals surface area contributed by atoms with Gasteiger partial charge in [0.05, 0.1) is 4.92 Å². The second-order valence-corrected chi connectivity index (χ2v) is 4.04. The first kappa shape index (κ1) is 10.7. The van der Waals surface area contributed by atoms with Crippen LogP contribution in [0.3, 0.4) is 0 Å². The molecule has 2 rings (SSSR count). The molecule has 0 radical (unpaired) electrons. The van der Waals surface area contributed by atoms with E-state index in [2.05, 4.69) is 21.4 Å². The molecule has 0 aliphatic heterocycles. The van der Waals surface area contributed by atoms with Crippen LogP contribution < -0.4 is 5.43 Å². The lowest BCUT2D eigenvalue weighted by Crippen LogP contribution is -2.07. The van der Waals surface area contributed by atoms with Gasteiger partial charge in [0, 0.05) is 22.9 Å². The van der Waals surface area contributed by atoms with Crippen LogP contribution in [0.2, 0.25) is 0 Å². The number of hydrogen-bond acceptors (Lipinski definition) is 3. The monoisotopic (exact) mass is 281 g/mol. The average molecular weight is 282 g/mol. The summed E-state index contributed by atoms with van der Waals surface area (Å²) in [6, 6.07) is 8.42. The fraction of sp³-hybridized carbons (Fsp3) is 0. The van der Waals surface area contributed by atoms with Crippen molar-refractivity contribution in [3.05, 3.63) is 57.3 Å². The van der Waals surface area contributed by atoms with Crippen molar-refractivity contribution in [1.82, 2.24) is 4.68 Å². The van der Waals surface area contributed by atoms with Gasteiger partial charge in [0.1, 0.15) is 5.69 Å². The summed E-state index contributed by atoms with van der Waals surface area (Å²) < 4.78 is 2.43. The number of nitrogens with one attached hydrogen (secondary N) is 1. The van der Waals surface area contributed by atoms with Crippen LogP contribution in [0.15, 0.2) is 47.2 Å². The summed E-state index contributed by atoms with van der Waals surface area (Å²) in [5.74, 6) is 0. The van der Waals surface area contributed by atoms with Crippen LogP contribution in [-0.4, -0.2) is 9.60 Å². The summed E-state index contributed by atoms with van der Waals surface area (Å²) in [4.78, 5) is 10.4. The maximum absolute atomic E-state index is 10.8. The number of nitrogens with zero attached hydrogens (tertiary/aromatic N) is 2. The minimum Gasteiger partial charge on any atom is -0.288 e. The predicted molar refractivity (Wildman–Crippen MR) is 64.2 cm³/mol. The predicted octanol–water partition coefficient (Wildman–Crippen LogP) is 3.03. The molecule has 0 fully saturated rings. The normalized spacial score (nSPS) is 10.1. The van der Waals surface area contributed by atoms with Gasteiger partial charge in [0.2, 0.25) is 0 Å². The zero-order chi connectivity index (χ0) is 11.5. The lowest BCUT2D eigenvalue weighted by Gasteiger charge is -2.08. The van der Waals surface area contributed by atoms with E-state index in [-0.39, 0.29) is 5.69 Å². The van der Waals surface area contributed by atoms with Crippen molar-refractivity contribution in [2.45, 2.75) is 0 Å². The first-order chi connectivity index (χ1) is 7.66. The van der Waals surface area contributed by atoms with E-state index in [1.807, 2.05) is 12.1 Å². The molecule has 1 heterocycles. The van der Waals surface area contributed by atoms with Gasteiger partial charge < -0.3 is 0 Å². The number of aromatic nitrogens is 1. The topological polar surface area (TPSA) is 60.1 Å². The second kappa shape index (κ2) is 4.36. The highest BCUT2D eigenvalue weighted by Gasteiger charge is 2.13. The molecule has 0 saturated heterocycles. The quantitative estimate of drug-likeness (QED) is 0.695.